The number of carbonyl (C=O) groups excluding carboxylic acids is 1. The fourth-order valence-corrected chi connectivity index (χ4v) is 2.35. The molecule has 1 heterocycles. The number of anilines is 1. The minimum absolute atomic E-state index is 0.194. The quantitative estimate of drug-likeness (QED) is 0.852. The highest BCUT2D eigenvalue weighted by Crippen LogP contribution is 2.24. The number of aliphatic hydroxyl groups excluding tert-OH is 1. The Balaban J connectivity index is 2.14. The van der Waals surface area contributed by atoms with Gasteiger partial charge in [-0.2, -0.15) is 0 Å². The molecule has 1 aromatic carbocycles. The van der Waals surface area contributed by atoms with E-state index in [1.165, 1.54) is 11.3 Å². The van der Waals surface area contributed by atoms with E-state index in [4.69, 9.17) is 9.84 Å². The van der Waals surface area contributed by atoms with Crippen LogP contribution in [0.2, 0.25) is 0 Å². The van der Waals surface area contributed by atoms with Crippen LogP contribution in [0.1, 0.15) is 15.2 Å². The van der Waals surface area contributed by atoms with E-state index >= 15 is 0 Å². The first-order valence-electron chi connectivity index (χ1n) is 5.87. The minimum atomic E-state index is -0.220. The zero-order valence-electron chi connectivity index (χ0n) is 10.8. The van der Waals surface area contributed by atoms with Crippen LogP contribution in [0.3, 0.4) is 0 Å². The minimum Gasteiger partial charge on any atom is -0.495 e. The van der Waals surface area contributed by atoms with Crippen molar-refractivity contribution in [3.05, 3.63) is 46.2 Å². The summed E-state index contributed by atoms with van der Waals surface area (Å²) < 4.78 is 5.18. The molecule has 2 aromatic rings. The first kappa shape index (κ1) is 14.1. The molecule has 2 N–H and O–H groups in total. The van der Waals surface area contributed by atoms with Crippen molar-refractivity contribution in [2.45, 2.75) is 0 Å². The van der Waals surface area contributed by atoms with Gasteiger partial charge in [-0.25, -0.2) is 0 Å². The van der Waals surface area contributed by atoms with Crippen LogP contribution in [0.4, 0.5) is 5.69 Å². The number of amides is 1. The van der Waals surface area contributed by atoms with E-state index < -0.39 is 0 Å². The third kappa shape index (κ3) is 3.38. The lowest BCUT2D eigenvalue weighted by Gasteiger charge is -2.08. The molecule has 1 aromatic heterocycles. The fourth-order valence-electron chi connectivity index (χ4n) is 1.59. The Morgan fingerprint density at radius 2 is 2.25 bits per heavy atom. The first-order valence-corrected chi connectivity index (χ1v) is 6.75. The molecule has 0 radical (unpaired) electrons. The van der Waals surface area contributed by atoms with Crippen molar-refractivity contribution in [1.29, 1.82) is 0 Å². The Morgan fingerprint density at radius 1 is 1.45 bits per heavy atom. The number of ether oxygens (including phenoxy) is 1. The maximum atomic E-state index is 12.1. The fraction of sp³-hybridized carbons (Fsp3) is 0.133. The summed E-state index contributed by atoms with van der Waals surface area (Å²) in [5.41, 5.74) is 1.15. The number of methoxy groups -OCH3 is 1. The van der Waals surface area contributed by atoms with E-state index in [1.54, 1.807) is 30.7 Å². The topological polar surface area (TPSA) is 58.6 Å². The summed E-state index contributed by atoms with van der Waals surface area (Å²) in [5, 5.41) is 13.2. The van der Waals surface area contributed by atoms with Crippen LogP contribution in [0.15, 0.2) is 35.7 Å². The molecule has 0 saturated carbocycles. The van der Waals surface area contributed by atoms with Crippen molar-refractivity contribution in [1.82, 2.24) is 0 Å². The summed E-state index contributed by atoms with van der Waals surface area (Å²) >= 11 is 1.36. The molecule has 0 aliphatic rings. The molecule has 5 heteroatoms. The molecular weight excluding hydrogens is 274 g/mol. The highest BCUT2D eigenvalue weighted by molar-refractivity contribution is 7.10. The zero-order valence-corrected chi connectivity index (χ0v) is 11.7. The summed E-state index contributed by atoms with van der Waals surface area (Å²) in [5.74, 6) is 5.71. The van der Waals surface area contributed by atoms with Crippen molar-refractivity contribution >= 4 is 22.9 Å². The number of rotatable bonds is 3. The number of hydrogen-bond acceptors (Lipinski definition) is 4. The largest absolute Gasteiger partial charge is 0.495 e. The van der Waals surface area contributed by atoms with Gasteiger partial charge in [0.15, 0.2) is 0 Å². The number of nitrogens with one attached hydrogen (secondary N) is 1. The van der Waals surface area contributed by atoms with E-state index in [0.717, 1.165) is 4.88 Å². The summed E-state index contributed by atoms with van der Waals surface area (Å²) in [7, 11) is 1.55. The predicted octanol–water partition coefficient (Wildman–Crippen LogP) is 2.35. The molecule has 1 amide bonds. The number of hydrogen-bond donors (Lipinski definition) is 2. The van der Waals surface area contributed by atoms with Gasteiger partial charge in [0.1, 0.15) is 12.4 Å². The number of para-hydroxylation sites is 2. The Morgan fingerprint density at radius 3 is 3.00 bits per heavy atom. The van der Waals surface area contributed by atoms with Crippen molar-refractivity contribution in [2.24, 2.45) is 0 Å². The van der Waals surface area contributed by atoms with Gasteiger partial charge < -0.3 is 15.2 Å². The average Bonchev–Trinajstić information content (AvgIpc) is 2.94. The van der Waals surface area contributed by atoms with Crippen molar-refractivity contribution < 1.29 is 14.6 Å². The normalized spacial score (nSPS) is 9.50. The Kier molecular flexibility index (Phi) is 4.77. The molecule has 102 valence electrons. The molecule has 4 nitrogen and oxygen atoms in total. The van der Waals surface area contributed by atoms with Crippen LogP contribution in [-0.4, -0.2) is 24.7 Å². The molecule has 0 bridgehead atoms. The van der Waals surface area contributed by atoms with Crippen LogP contribution in [0.25, 0.3) is 0 Å². The van der Waals surface area contributed by atoms with Gasteiger partial charge in [-0.15, -0.1) is 11.3 Å². The molecule has 0 saturated heterocycles. The SMILES string of the molecule is COc1ccccc1NC(=O)c1csc(C#CCO)c1. The number of aliphatic hydroxyl groups is 1. The third-order valence-corrected chi connectivity index (χ3v) is 3.35. The van der Waals surface area contributed by atoms with E-state index in [-0.39, 0.29) is 12.5 Å². The molecule has 0 spiro atoms. The van der Waals surface area contributed by atoms with Crippen LogP contribution in [0.5, 0.6) is 5.75 Å². The van der Waals surface area contributed by atoms with Gasteiger partial charge in [-0.3, -0.25) is 4.79 Å². The van der Waals surface area contributed by atoms with Gasteiger partial charge >= 0.3 is 0 Å². The molecule has 2 rings (SSSR count). The Hall–Kier alpha value is -2.29. The lowest BCUT2D eigenvalue weighted by molar-refractivity contribution is 0.102. The van der Waals surface area contributed by atoms with Crippen LogP contribution in [0, 0.1) is 11.8 Å². The second-order valence-corrected chi connectivity index (χ2v) is 4.73. The third-order valence-electron chi connectivity index (χ3n) is 2.51. The molecule has 0 aliphatic heterocycles. The number of thiophene rings is 1. The summed E-state index contributed by atoms with van der Waals surface area (Å²) in [6.07, 6.45) is 0. The van der Waals surface area contributed by atoms with Gasteiger partial charge in [0.25, 0.3) is 5.91 Å². The maximum absolute atomic E-state index is 12.1. The summed E-state index contributed by atoms with van der Waals surface area (Å²) in [6, 6.07) is 8.90. The van der Waals surface area contributed by atoms with E-state index in [9.17, 15) is 4.79 Å². The van der Waals surface area contributed by atoms with Gasteiger partial charge in [0.05, 0.1) is 23.2 Å². The Bertz CT molecular complexity index is 667. The highest BCUT2D eigenvalue weighted by Gasteiger charge is 2.10. The standard InChI is InChI=1S/C15H13NO3S/c1-19-14-7-3-2-6-13(14)16-15(18)11-9-12(20-10-11)5-4-8-17/h2-3,6-7,9-10,17H,8H2,1H3,(H,16,18). The zero-order chi connectivity index (χ0) is 14.4. The van der Waals surface area contributed by atoms with Gasteiger partial charge in [0, 0.05) is 5.38 Å². The van der Waals surface area contributed by atoms with Gasteiger partial charge in [0.2, 0.25) is 0 Å². The molecule has 0 fully saturated rings. The van der Waals surface area contributed by atoms with Gasteiger partial charge in [-0.1, -0.05) is 24.0 Å². The average molecular weight is 287 g/mol. The molecule has 20 heavy (non-hydrogen) atoms. The van der Waals surface area contributed by atoms with Crippen LogP contribution >= 0.6 is 11.3 Å². The smallest absolute Gasteiger partial charge is 0.256 e. The van der Waals surface area contributed by atoms with E-state index in [0.29, 0.717) is 17.0 Å². The van der Waals surface area contributed by atoms with Crippen molar-refractivity contribution in [2.75, 3.05) is 19.0 Å². The second-order valence-electron chi connectivity index (χ2n) is 3.81. The lowest BCUT2D eigenvalue weighted by Crippen LogP contribution is -2.11. The van der Waals surface area contributed by atoms with Crippen LogP contribution < -0.4 is 10.1 Å². The predicted molar refractivity (Wildman–Crippen MR) is 79.2 cm³/mol. The van der Waals surface area contributed by atoms with E-state index in [1.807, 2.05) is 12.1 Å². The number of carbonyl (C=O) groups is 1. The molecule has 0 atom stereocenters. The van der Waals surface area contributed by atoms with Crippen molar-refractivity contribution in [3.8, 4) is 17.6 Å². The molecule has 0 unspecified atom stereocenters. The monoisotopic (exact) mass is 287 g/mol. The Labute approximate surface area is 121 Å². The van der Waals surface area contributed by atoms with E-state index in [2.05, 4.69) is 17.2 Å². The van der Waals surface area contributed by atoms with Crippen LogP contribution in [-0.2, 0) is 0 Å². The second kappa shape index (κ2) is 6.75. The summed E-state index contributed by atoms with van der Waals surface area (Å²) in [4.78, 5) is 12.9. The first-order chi connectivity index (χ1) is 9.74. The maximum Gasteiger partial charge on any atom is 0.256 e. The van der Waals surface area contributed by atoms with Crippen molar-refractivity contribution in [3.63, 3.8) is 0 Å². The summed E-state index contributed by atoms with van der Waals surface area (Å²) in [6.45, 7) is -0.194. The lowest BCUT2D eigenvalue weighted by atomic mass is 10.2. The molecule has 0 aliphatic carbocycles. The van der Waals surface area contributed by atoms with Gasteiger partial charge in [-0.05, 0) is 18.2 Å². The highest BCUT2D eigenvalue weighted by atomic mass is 32.1. The molecular formula is C15H13NO3S. The number of benzene rings is 1.